The summed E-state index contributed by atoms with van der Waals surface area (Å²) in [5.74, 6) is 0.638. The van der Waals surface area contributed by atoms with Crippen LogP contribution >= 0.6 is 0 Å². The molecule has 1 aliphatic rings. The minimum absolute atomic E-state index is 0.0546. The van der Waals surface area contributed by atoms with E-state index in [0.717, 1.165) is 5.56 Å². The van der Waals surface area contributed by atoms with Gasteiger partial charge in [0.2, 0.25) is 5.43 Å². The Hall–Kier alpha value is -4.26. The molecule has 0 spiro atoms. The van der Waals surface area contributed by atoms with Crippen LogP contribution < -0.4 is 19.6 Å². The first-order valence-corrected chi connectivity index (χ1v) is 10.3. The average Bonchev–Trinajstić information content (AvgIpc) is 2.83. The maximum Gasteiger partial charge on any atom is 0.312 e. The van der Waals surface area contributed by atoms with Crippen molar-refractivity contribution >= 4 is 16.9 Å². The highest BCUT2D eigenvalue weighted by atomic mass is 16.5. The van der Waals surface area contributed by atoms with Crippen LogP contribution in [0.2, 0.25) is 0 Å². The van der Waals surface area contributed by atoms with Gasteiger partial charge in [0.1, 0.15) is 23.3 Å². The molecule has 3 aromatic carbocycles. The van der Waals surface area contributed by atoms with Crippen LogP contribution in [0.5, 0.6) is 23.0 Å². The molecule has 7 nitrogen and oxygen atoms in total. The van der Waals surface area contributed by atoms with Gasteiger partial charge in [-0.3, -0.25) is 9.59 Å². The lowest BCUT2D eigenvalue weighted by Gasteiger charge is -2.27. The van der Waals surface area contributed by atoms with Crippen molar-refractivity contribution in [2.45, 2.75) is 12.3 Å². The van der Waals surface area contributed by atoms with Crippen LogP contribution in [0.25, 0.3) is 22.1 Å². The molecule has 1 atom stereocenters. The highest BCUT2D eigenvalue weighted by molar-refractivity contribution is 5.90. The number of para-hydroxylation sites is 1. The summed E-state index contributed by atoms with van der Waals surface area (Å²) in [7, 11) is 3.08. The van der Waals surface area contributed by atoms with Gasteiger partial charge in [0.25, 0.3) is 0 Å². The predicted molar refractivity (Wildman–Crippen MR) is 121 cm³/mol. The number of aromatic hydroxyl groups is 1. The standard InChI is InChI=1S/C26H20O7/c1-30-21-5-3-4-16(25(21)31-2)18-12-22(28)33-20-11-10-17-24(29)19(13-32-26(17)23(18)20)14-6-8-15(27)9-7-14/h3-11,13,18,27H,12H2,1-2H3. The molecule has 0 bridgehead atoms. The van der Waals surface area contributed by atoms with Crippen LogP contribution in [0.15, 0.2) is 70.1 Å². The van der Waals surface area contributed by atoms with Crippen molar-refractivity contribution in [2.24, 2.45) is 0 Å². The monoisotopic (exact) mass is 444 g/mol. The van der Waals surface area contributed by atoms with Crippen molar-refractivity contribution in [3.8, 4) is 34.1 Å². The Morgan fingerprint density at radius 1 is 0.970 bits per heavy atom. The van der Waals surface area contributed by atoms with Crippen molar-refractivity contribution in [3.63, 3.8) is 0 Å². The van der Waals surface area contributed by atoms with Gasteiger partial charge >= 0.3 is 5.97 Å². The second kappa shape index (κ2) is 8.02. The highest BCUT2D eigenvalue weighted by Crippen LogP contribution is 2.47. The summed E-state index contributed by atoms with van der Waals surface area (Å²) in [4.78, 5) is 25.8. The Labute approximate surface area is 188 Å². The number of esters is 1. The molecule has 4 aromatic rings. The summed E-state index contributed by atoms with van der Waals surface area (Å²) in [5.41, 5.74) is 2.45. The van der Waals surface area contributed by atoms with Crippen LogP contribution in [0.4, 0.5) is 0 Å². The molecule has 0 aliphatic carbocycles. The third-order valence-corrected chi connectivity index (χ3v) is 5.87. The quantitative estimate of drug-likeness (QED) is 0.362. The predicted octanol–water partition coefficient (Wildman–Crippen LogP) is 4.62. The smallest absolute Gasteiger partial charge is 0.312 e. The zero-order valence-corrected chi connectivity index (χ0v) is 18.0. The fourth-order valence-corrected chi connectivity index (χ4v) is 4.35. The minimum Gasteiger partial charge on any atom is -0.508 e. The molecule has 2 heterocycles. The third kappa shape index (κ3) is 3.38. The van der Waals surface area contributed by atoms with Crippen molar-refractivity contribution in [3.05, 3.63) is 82.2 Å². The highest BCUT2D eigenvalue weighted by Gasteiger charge is 2.34. The Morgan fingerprint density at radius 2 is 1.76 bits per heavy atom. The Bertz CT molecular complexity index is 1430. The van der Waals surface area contributed by atoms with Gasteiger partial charge in [-0.2, -0.15) is 0 Å². The number of benzene rings is 3. The van der Waals surface area contributed by atoms with E-state index in [-0.39, 0.29) is 23.6 Å². The number of phenols is 1. The van der Waals surface area contributed by atoms with E-state index < -0.39 is 5.92 Å². The molecule has 0 saturated heterocycles. The molecule has 0 radical (unpaired) electrons. The summed E-state index contributed by atoms with van der Waals surface area (Å²) in [5, 5.41) is 9.92. The van der Waals surface area contributed by atoms with Crippen LogP contribution in [0.3, 0.4) is 0 Å². The Kier molecular flexibility index (Phi) is 5.01. The van der Waals surface area contributed by atoms with Gasteiger partial charge in [-0.25, -0.2) is 0 Å². The van der Waals surface area contributed by atoms with Crippen LogP contribution in [0, 0.1) is 0 Å². The SMILES string of the molecule is COc1cccc(C2CC(=O)Oc3ccc4c(=O)c(-c5ccc(O)cc5)coc4c32)c1OC. The van der Waals surface area contributed by atoms with E-state index in [2.05, 4.69) is 0 Å². The van der Waals surface area contributed by atoms with E-state index >= 15 is 0 Å². The number of carbonyl (C=O) groups excluding carboxylic acids is 1. The number of carbonyl (C=O) groups is 1. The number of hydrogen-bond donors (Lipinski definition) is 1. The molecule has 1 unspecified atom stereocenters. The van der Waals surface area contributed by atoms with Crippen molar-refractivity contribution in [1.29, 1.82) is 0 Å². The zero-order valence-electron chi connectivity index (χ0n) is 18.0. The van der Waals surface area contributed by atoms with Crippen LogP contribution in [-0.4, -0.2) is 25.3 Å². The van der Waals surface area contributed by atoms with Crippen LogP contribution in [-0.2, 0) is 4.79 Å². The fourth-order valence-electron chi connectivity index (χ4n) is 4.35. The molecule has 33 heavy (non-hydrogen) atoms. The molecule has 5 rings (SSSR count). The number of methoxy groups -OCH3 is 2. The van der Waals surface area contributed by atoms with Gasteiger partial charge in [0.05, 0.1) is 31.6 Å². The fraction of sp³-hybridized carbons (Fsp3) is 0.154. The summed E-state index contributed by atoms with van der Waals surface area (Å²) in [6.45, 7) is 0. The van der Waals surface area contributed by atoms with E-state index in [1.54, 1.807) is 37.4 Å². The Balaban J connectivity index is 1.75. The van der Waals surface area contributed by atoms with E-state index in [1.807, 2.05) is 12.1 Å². The van der Waals surface area contributed by atoms with Gasteiger partial charge in [0, 0.05) is 17.0 Å². The Morgan fingerprint density at radius 3 is 2.48 bits per heavy atom. The average molecular weight is 444 g/mol. The minimum atomic E-state index is -0.460. The van der Waals surface area contributed by atoms with E-state index in [1.165, 1.54) is 25.5 Å². The zero-order chi connectivity index (χ0) is 23.1. The molecule has 1 aliphatic heterocycles. The molecular formula is C26H20O7. The first-order valence-electron chi connectivity index (χ1n) is 10.3. The molecule has 7 heteroatoms. The van der Waals surface area contributed by atoms with Gasteiger partial charge in [0.15, 0.2) is 11.5 Å². The maximum absolute atomic E-state index is 13.4. The van der Waals surface area contributed by atoms with Crippen LogP contribution in [0.1, 0.15) is 23.5 Å². The molecule has 0 saturated carbocycles. The van der Waals surface area contributed by atoms with Crippen molar-refractivity contribution < 1.29 is 28.5 Å². The van der Waals surface area contributed by atoms with Gasteiger partial charge in [-0.15, -0.1) is 0 Å². The maximum atomic E-state index is 13.4. The number of fused-ring (bicyclic) bond motifs is 3. The molecule has 0 amide bonds. The lowest BCUT2D eigenvalue weighted by atomic mass is 9.84. The molecule has 166 valence electrons. The number of hydrogen-bond acceptors (Lipinski definition) is 7. The summed E-state index contributed by atoms with van der Waals surface area (Å²) >= 11 is 0. The molecule has 0 fully saturated rings. The summed E-state index contributed by atoms with van der Waals surface area (Å²) < 4.78 is 22.5. The first kappa shape index (κ1) is 20.6. The van der Waals surface area contributed by atoms with Crippen molar-refractivity contribution in [1.82, 2.24) is 0 Å². The number of rotatable bonds is 4. The lowest BCUT2D eigenvalue weighted by molar-refractivity contribution is -0.135. The van der Waals surface area contributed by atoms with E-state index in [9.17, 15) is 14.7 Å². The molecular weight excluding hydrogens is 424 g/mol. The molecule has 1 aromatic heterocycles. The largest absolute Gasteiger partial charge is 0.508 e. The summed E-state index contributed by atoms with van der Waals surface area (Å²) in [6, 6.07) is 15.0. The third-order valence-electron chi connectivity index (χ3n) is 5.87. The van der Waals surface area contributed by atoms with E-state index in [4.69, 9.17) is 18.6 Å². The second-order valence-corrected chi connectivity index (χ2v) is 7.69. The normalized spacial score (nSPS) is 15.1. The second-order valence-electron chi connectivity index (χ2n) is 7.69. The number of phenolic OH excluding ortho intramolecular Hbond substituents is 1. The van der Waals surface area contributed by atoms with Gasteiger partial charge in [-0.1, -0.05) is 24.3 Å². The summed E-state index contributed by atoms with van der Waals surface area (Å²) in [6.07, 6.45) is 1.45. The van der Waals surface area contributed by atoms with Gasteiger partial charge < -0.3 is 23.7 Å². The van der Waals surface area contributed by atoms with Gasteiger partial charge in [-0.05, 0) is 35.9 Å². The molecule has 1 N–H and O–H groups in total. The van der Waals surface area contributed by atoms with E-state index in [0.29, 0.717) is 44.9 Å². The topological polar surface area (TPSA) is 95.2 Å². The number of ether oxygens (including phenoxy) is 3. The first-order chi connectivity index (χ1) is 16.0. The van der Waals surface area contributed by atoms with Crippen molar-refractivity contribution in [2.75, 3.05) is 14.2 Å². The lowest BCUT2D eigenvalue weighted by Crippen LogP contribution is -2.22.